The Balaban J connectivity index is 1.94. The molecular formula is C24H26N4O5. The third-order valence-electron chi connectivity index (χ3n) is 5.89. The number of esters is 1. The Kier molecular flexibility index (Phi) is 6.41. The molecule has 0 spiro atoms. The van der Waals surface area contributed by atoms with Gasteiger partial charge in [-0.15, -0.1) is 0 Å². The van der Waals surface area contributed by atoms with Gasteiger partial charge in [-0.3, -0.25) is 15.1 Å². The Bertz CT molecular complexity index is 1220. The van der Waals surface area contributed by atoms with Gasteiger partial charge in [0.15, 0.2) is 0 Å². The number of morpholine rings is 1. The number of nitro groups is 1. The molecule has 3 aromatic rings. The Labute approximate surface area is 191 Å². The average Bonchev–Trinajstić information content (AvgIpc) is 2.84. The van der Waals surface area contributed by atoms with Crippen molar-refractivity contribution in [3.05, 3.63) is 63.3 Å². The molecule has 2 heterocycles. The molecular weight excluding hydrogens is 424 g/mol. The summed E-state index contributed by atoms with van der Waals surface area (Å²) in [5.74, 6) is -0.759. The summed E-state index contributed by atoms with van der Waals surface area (Å²) < 4.78 is 10.3. The smallest absolute Gasteiger partial charge is 0.345 e. The lowest BCUT2D eigenvalue weighted by Gasteiger charge is -2.29. The van der Waals surface area contributed by atoms with Crippen molar-refractivity contribution in [2.24, 2.45) is 0 Å². The molecule has 1 aliphatic heterocycles. The number of nitrogens with zero attached hydrogens (tertiary/aromatic N) is 3. The van der Waals surface area contributed by atoms with E-state index in [1.165, 1.54) is 13.2 Å². The highest BCUT2D eigenvalue weighted by Crippen LogP contribution is 2.39. The van der Waals surface area contributed by atoms with E-state index in [0.717, 1.165) is 27.8 Å². The number of aromatic nitrogens is 1. The zero-order valence-electron chi connectivity index (χ0n) is 18.9. The normalized spacial score (nSPS) is 13.7. The molecule has 0 radical (unpaired) electrons. The quantitative estimate of drug-likeness (QED) is 0.335. The van der Waals surface area contributed by atoms with Crippen LogP contribution in [0.4, 0.5) is 22.7 Å². The van der Waals surface area contributed by atoms with E-state index >= 15 is 0 Å². The fourth-order valence-electron chi connectivity index (χ4n) is 4.18. The number of methoxy groups -OCH3 is 1. The Hall–Kier alpha value is -3.72. The number of ether oxygens (including phenoxy) is 2. The Morgan fingerprint density at radius 1 is 1.27 bits per heavy atom. The van der Waals surface area contributed by atoms with Crippen molar-refractivity contribution in [1.29, 1.82) is 0 Å². The highest BCUT2D eigenvalue weighted by Gasteiger charge is 2.29. The van der Waals surface area contributed by atoms with Gasteiger partial charge in [0.25, 0.3) is 0 Å². The number of hydrogen-bond acceptors (Lipinski definition) is 8. The third kappa shape index (κ3) is 4.31. The lowest BCUT2D eigenvalue weighted by Crippen LogP contribution is -2.36. The van der Waals surface area contributed by atoms with Gasteiger partial charge in [-0.1, -0.05) is 25.1 Å². The maximum Gasteiger partial charge on any atom is 0.345 e. The first kappa shape index (κ1) is 22.5. The molecule has 1 saturated heterocycles. The second-order valence-electron chi connectivity index (χ2n) is 7.79. The maximum absolute atomic E-state index is 12.6. The molecule has 9 nitrogen and oxygen atoms in total. The van der Waals surface area contributed by atoms with Crippen molar-refractivity contribution >= 4 is 39.6 Å². The monoisotopic (exact) mass is 450 g/mol. The number of nitro benzene ring substituents is 1. The summed E-state index contributed by atoms with van der Waals surface area (Å²) in [4.78, 5) is 30.9. The van der Waals surface area contributed by atoms with E-state index in [0.29, 0.717) is 38.4 Å². The van der Waals surface area contributed by atoms with E-state index in [-0.39, 0.29) is 16.9 Å². The molecule has 0 amide bonds. The maximum atomic E-state index is 12.6. The second-order valence-corrected chi connectivity index (χ2v) is 7.79. The van der Waals surface area contributed by atoms with Gasteiger partial charge in [-0.05, 0) is 37.1 Å². The number of para-hydroxylation sites is 1. The number of anilines is 3. The molecule has 1 N–H and O–H groups in total. The van der Waals surface area contributed by atoms with E-state index in [4.69, 9.17) is 14.5 Å². The molecule has 0 atom stereocenters. The molecule has 0 bridgehead atoms. The number of carbonyl (C=O) groups excluding carboxylic acids is 1. The predicted octanol–water partition coefficient (Wildman–Crippen LogP) is 4.38. The minimum atomic E-state index is -0.759. The van der Waals surface area contributed by atoms with Gasteiger partial charge in [0.2, 0.25) is 0 Å². The molecule has 0 aliphatic carbocycles. The van der Waals surface area contributed by atoms with Crippen molar-refractivity contribution in [2.75, 3.05) is 43.6 Å². The number of benzene rings is 2. The van der Waals surface area contributed by atoms with E-state index in [1.54, 1.807) is 6.07 Å². The van der Waals surface area contributed by atoms with Gasteiger partial charge in [0.05, 0.1) is 36.5 Å². The van der Waals surface area contributed by atoms with Crippen LogP contribution in [0.2, 0.25) is 0 Å². The molecule has 1 aliphatic rings. The van der Waals surface area contributed by atoms with E-state index in [1.807, 2.05) is 43.0 Å². The zero-order valence-corrected chi connectivity index (χ0v) is 18.9. The molecule has 2 aromatic carbocycles. The van der Waals surface area contributed by atoms with E-state index in [2.05, 4.69) is 5.32 Å². The first-order chi connectivity index (χ1) is 15.9. The molecule has 1 aromatic heterocycles. The number of rotatable bonds is 6. The van der Waals surface area contributed by atoms with Gasteiger partial charge in [-0.2, -0.15) is 0 Å². The zero-order chi connectivity index (χ0) is 23.5. The van der Waals surface area contributed by atoms with Crippen molar-refractivity contribution in [2.45, 2.75) is 20.3 Å². The SMILES string of the molecule is CCc1nc2ccccc2c(Nc2cc(N3CCOCC3)cc(C(=O)OC)c2[N+](=O)[O-])c1C. The van der Waals surface area contributed by atoms with Crippen LogP contribution in [-0.2, 0) is 15.9 Å². The highest BCUT2D eigenvalue weighted by molar-refractivity contribution is 6.01. The van der Waals surface area contributed by atoms with Crippen molar-refractivity contribution < 1.29 is 19.2 Å². The summed E-state index contributed by atoms with van der Waals surface area (Å²) >= 11 is 0. The summed E-state index contributed by atoms with van der Waals surface area (Å²) in [6.45, 7) is 6.29. The number of hydrogen-bond donors (Lipinski definition) is 1. The minimum Gasteiger partial charge on any atom is -0.465 e. The Morgan fingerprint density at radius 2 is 2.00 bits per heavy atom. The first-order valence-corrected chi connectivity index (χ1v) is 10.8. The van der Waals surface area contributed by atoms with Crippen molar-refractivity contribution in [3.8, 4) is 0 Å². The number of aryl methyl sites for hydroxylation is 1. The van der Waals surface area contributed by atoms with Crippen LogP contribution in [0.3, 0.4) is 0 Å². The fourth-order valence-corrected chi connectivity index (χ4v) is 4.18. The highest BCUT2D eigenvalue weighted by atomic mass is 16.6. The van der Waals surface area contributed by atoms with Gasteiger partial charge in [0, 0.05) is 29.9 Å². The molecule has 4 rings (SSSR count). The Morgan fingerprint density at radius 3 is 2.67 bits per heavy atom. The minimum absolute atomic E-state index is 0.0966. The molecule has 0 unspecified atom stereocenters. The van der Waals surface area contributed by atoms with E-state index in [9.17, 15) is 14.9 Å². The van der Waals surface area contributed by atoms with Crippen LogP contribution in [0, 0.1) is 17.0 Å². The molecule has 33 heavy (non-hydrogen) atoms. The fraction of sp³-hybridized carbons (Fsp3) is 0.333. The van der Waals surface area contributed by atoms with Crippen LogP contribution in [0.15, 0.2) is 36.4 Å². The molecule has 9 heteroatoms. The molecule has 1 fully saturated rings. The summed E-state index contributed by atoms with van der Waals surface area (Å²) in [6, 6.07) is 10.9. The third-order valence-corrected chi connectivity index (χ3v) is 5.89. The van der Waals surface area contributed by atoms with Crippen LogP contribution >= 0.6 is 0 Å². The average molecular weight is 450 g/mol. The number of fused-ring (bicyclic) bond motifs is 1. The van der Waals surface area contributed by atoms with Gasteiger partial charge >= 0.3 is 11.7 Å². The summed E-state index contributed by atoms with van der Waals surface area (Å²) in [6.07, 6.45) is 0.717. The first-order valence-electron chi connectivity index (χ1n) is 10.8. The summed E-state index contributed by atoms with van der Waals surface area (Å²) in [5, 5.41) is 16.3. The molecule has 172 valence electrons. The van der Waals surface area contributed by atoms with Crippen molar-refractivity contribution in [3.63, 3.8) is 0 Å². The van der Waals surface area contributed by atoms with Gasteiger partial charge < -0.3 is 19.7 Å². The topological polar surface area (TPSA) is 107 Å². The summed E-state index contributed by atoms with van der Waals surface area (Å²) in [7, 11) is 1.22. The lowest BCUT2D eigenvalue weighted by molar-refractivity contribution is -0.384. The number of pyridine rings is 1. The molecule has 0 saturated carbocycles. The van der Waals surface area contributed by atoms with Crippen LogP contribution < -0.4 is 10.2 Å². The summed E-state index contributed by atoms with van der Waals surface area (Å²) in [5.41, 5.74) is 3.83. The van der Waals surface area contributed by atoms with Crippen LogP contribution in [-0.4, -0.2) is 49.3 Å². The van der Waals surface area contributed by atoms with Gasteiger partial charge in [0.1, 0.15) is 11.3 Å². The number of carbonyl (C=O) groups is 1. The largest absolute Gasteiger partial charge is 0.465 e. The van der Waals surface area contributed by atoms with Crippen molar-refractivity contribution in [1.82, 2.24) is 4.98 Å². The second kappa shape index (κ2) is 9.41. The van der Waals surface area contributed by atoms with Gasteiger partial charge in [-0.25, -0.2) is 4.79 Å². The van der Waals surface area contributed by atoms with E-state index < -0.39 is 10.9 Å². The van der Waals surface area contributed by atoms with Crippen LogP contribution in [0.1, 0.15) is 28.5 Å². The standard InChI is InChI=1S/C24H26N4O5/c1-4-19-15(2)22(17-7-5-6-8-20(17)25-19)26-21-14-16(27-9-11-33-12-10-27)13-18(24(29)32-3)23(21)28(30)31/h5-8,13-14H,4,9-12H2,1-3H3,(H,25,26). The lowest BCUT2D eigenvalue weighted by atomic mass is 10.0. The predicted molar refractivity (Wildman–Crippen MR) is 127 cm³/mol. The van der Waals surface area contributed by atoms with Crippen LogP contribution in [0.5, 0.6) is 0 Å². The number of nitrogens with one attached hydrogen (secondary N) is 1. The van der Waals surface area contributed by atoms with Crippen LogP contribution in [0.25, 0.3) is 10.9 Å².